The van der Waals surface area contributed by atoms with Crippen LogP contribution in [0.2, 0.25) is 0 Å². The van der Waals surface area contributed by atoms with E-state index in [2.05, 4.69) is 17.3 Å². The van der Waals surface area contributed by atoms with Gasteiger partial charge in [-0.2, -0.15) is 0 Å². The molecular weight excluding hydrogens is 298 g/mol. The predicted octanol–water partition coefficient (Wildman–Crippen LogP) is 4.09. The Morgan fingerprint density at radius 2 is 2.05 bits per heavy atom. The minimum Gasteiger partial charge on any atom is -0.497 e. The molecule has 1 aliphatic carbocycles. The maximum absolute atomic E-state index is 11.7. The molecule has 1 aliphatic rings. The topological polar surface area (TPSA) is 47.9 Å². The number of thiophene rings is 1. The normalized spacial score (nSPS) is 20.5. The molecule has 0 N–H and O–H groups in total. The molecule has 0 bridgehead atoms. The Balaban J connectivity index is 1.58. The summed E-state index contributed by atoms with van der Waals surface area (Å²) in [4.78, 5) is 17.3. The van der Waals surface area contributed by atoms with Crippen molar-refractivity contribution in [3.8, 4) is 5.75 Å². The fourth-order valence-corrected chi connectivity index (χ4v) is 3.09. The van der Waals surface area contributed by atoms with Crippen LogP contribution in [0.4, 0.5) is 0 Å². The highest BCUT2D eigenvalue weighted by atomic mass is 32.1. The van der Waals surface area contributed by atoms with Gasteiger partial charge < -0.3 is 9.57 Å². The molecule has 2 aromatic rings. The zero-order chi connectivity index (χ0) is 15.5. The third-order valence-electron chi connectivity index (χ3n) is 3.87. The second kappa shape index (κ2) is 6.32. The molecule has 0 spiro atoms. The lowest BCUT2D eigenvalue weighted by Gasteiger charge is -2.03. The molecule has 1 saturated carbocycles. The maximum atomic E-state index is 11.7. The number of rotatable bonds is 5. The lowest BCUT2D eigenvalue weighted by molar-refractivity contribution is 0.0520. The number of carbonyl (C=O) groups is 1. The first-order valence-electron chi connectivity index (χ1n) is 7.12. The van der Waals surface area contributed by atoms with E-state index >= 15 is 0 Å². The second-order valence-electron chi connectivity index (χ2n) is 5.31. The summed E-state index contributed by atoms with van der Waals surface area (Å²) in [7, 11) is 1.66. The average Bonchev–Trinajstić information content (AvgIpc) is 3.17. The van der Waals surface area contributed by atoms with E-state index in [-0.39, 0.29) is 0 Å². The van der Waals surface area contributed by atoms with Gasteiger partial charge in [0.1, 0.15) is 10.6 Å². The molecule has 1 aromatic heterocycles. The van der Waals surface area contributed by atoms with Gasteiger partial charge in [0.2, 0.25) is 0 Å². The van der Waals surface area contributed by atoms with Crippen molar-refractivity contribution in [1.82, 2.24) is 0 Å². The van der Waals surface area contributed by atoms with E-state index in [1.165, 1.54) is 16.9 Å². The SMILES string of the molecule is COc1ccc([C@H]2C[C@H]2C(C)=NOC(=O)c2cccs2)cc1. The van der Waals surface area contributed by atoms with Crippen LogP contribution in [0.25, 0.3) is 0 Å². The molecule has 22 heavy (non-hydrogen) atoms. The third-order valence-corrected chi connectivity index (χ3v) is 4.72. The van der Waals surface area contributed by atoms with Gasteiger partial charge in [0.05, 0.1) is 12.8 Å². The Morgan fingerprint density at radius 1 is 1.27 bits per heavy atom. The van der Waals surface area contributed by atoms with E-state index in [0.717, 1.165) is 17.9 Å². The zero-order valence-corrected chi connectivity index (χ0v) is 13.3. The molecule has 5 heteroatoms. The third kappa shape index (κ3) is 3.20. The summed E-state index contributed by atoms with van der Waals surface area (Å²) in [5, 5.41) is 5.84. The highest BCUT2D eigenvalue weighted by Crippen LogP contribution is 2.48. The summed E-state index contributed by atoms with van der Waals surface area (Å²) in [6.45, 7) is 1.91. The predicted molar refractivity (Wildman–Crippen MR) is 86.7 cm³/mol. The van der Waals surface area contributed by atoms with Crippen LogP contribution in [0.3, 0.4) is 0 Å². The summed E-state index contributed by atoms with van der Waals surface area (Å²) in [5.74, 6) is 1.27. The van der Waals surface area contributed by atoms with Crippen LogP contribution in [-0.4, -0.2) is 18.8 Å². The number of ether oxygens (including phenoxy) is 1. The van der Waals surface area contributed by atoms with Crippen LogP contribution in [0, 0.1) is 5.92 Å². The fraction of sp³-hybridized carbons (Fsp3) is 0.294. The number of methoxy groups -OCH3 is 1. The van der Waals surface area contributed by atoms with Gasteiger partial charge in [-0.1, -0.05) is 23.4 Å². The largest absolute Gasteiger partial charge is 0.497 e. The average molecular weight is 315 g/mol. The summed E-state index contributed by atoms with van der Waals surface area (Å²) in [5.41, 5.74) is 2.13. The van der Waals surface area contributed by atoms with Crippen molar-refractivity contribution >= 4 is 23.0 Å². The monoisotopic (exact) mass is 315 g/mol. The minimum absolute atomic E-state index is 0.351. The first-order valence-corrected chi connectivity index (χ1v) is 8.00. The first-order chi connectivity index (χ1) is 10.7. The van der Waals surface area contributed by atoms with Gasteiger partial charge in [-0.15, -0.1) is 11.3 Å². The molecule has 1 fully saturated rings. The van der Waals surface area contributed by atoms with Crippen molar-refractivity contribution in [3.63, 3.8) is 0 Å². The zero-order valence-electron chi connectivity index (χ0n) is 12.5. The van der Waals surface area contributed by atoms with Gasteiger partial charge in [0.25, 0.3) is 0 Å². The van der Waals surface area contributed by atoms with Gasteiger partial charge in [0, 0.05) is 5.92 Å². The van der Waals surface area contributed by atoms with Crippen LogP contribution in [0.15, 0.2) is 46.9 Å². The van der Waals surface area contributed by atoms with E-state index in [1.54, 1.807) is 13.2 Å². The molecule has 114 valence electrons. The van der Waals surface area contributed by atoms with Gasteiger partial charge in [-0.05, 0) is 48.4 Å². The number of nitrogens with zero attached hydrogens (tertiary/aromatic N) is 1. The number of carbonyl (C=O) groups excluding carboxylic acids is 1. The molecule has 1 heterocycles. The quantitative estimate of drug-likeness (QED) is 0.474. The van der Waals surface area contributed by atoms with E-state index in [4.69, 9.17) is 9.57 Å². The molecule has 0 amide bonds. The van der Waals surface area contributed by atoms with Crippen LogP contribution >= 0.6 is 11.3 Å². The Labute approximate surface area is 133 Å². The Kier molecular flexibility index (Phi) is 4.24. The van der Waals surface area contributed by atoms with Crippen molar-refractivity contribution in [3.05, 3.63) is 52.2 Å². The van der Waals surface area contributed by atoms with Crippen LogP contribution in [0.5, 0.6) is 5.75 Å². The summed E-state index contributed by atoms with van der Waals surface area (Å²) in [6.07, 6.45) is 1.04. The van der Waals surface area contributed by atoms with Crippen molar-refractivity contribution in [2.24, 2.45) is 11.1 Å². The molecule has 1 aromatic carbocycles. The van der Waals surface area contributed by atoms with E-state index in [1.807, 2.05) is 30.5 Å². The summed E-state index contributed by atoms with van der Waals surface area (Å²) >= 11 is 1.35. The Hall–Kier alpha value is -2.14. The fourth-order valence-electron chi connectivity index (χ4n) is 2.50. The molecule has 2 atom stereocenters. The summed E-state index contributed by atoms with van der Waals surface area (Å²) in [6, 6.07) is 11.6. The van der Waals surface area contributed by atoms with Crippen LogP contribution in [0.1, 0.15) is 34.5 Å². The molecule has 0 saturated heterocycles. The lowest BCUT2D eigenvalue weighted by atomic mass is 10.1. The Morgan fingerprint density at radius 3 is 2.68 bits per heavy atom. The van der Waals surface area contributed by atoms with Gasteiger partial charge in [-0.25, -0.2) is 4.79 Å². The van der Waals surface area contributed by atoms with E-state index in [0.29, 0.717) is 16.7 Å². The van der Waals surface area contributed by atoms with Crippen molar-refractivity contribution in [1.29, 1.82) is 0 Å². The minimum atomic E-state index is -0.393. The molecule has 0 unspecified atom stereocenters. The van der Waals surface area contributed by atoms with E-state index < -0.39 is 5.97 Å². The van der Waals surface area contributed by atoms with Crippen molar-refractivity contribution in [2.75, 3.05) is 7.11 Å². The van der Waals surface area contributed by atoms with Gasteiger partial charge in [0.15, 0.2) is 0 Å². The molecule has 3 rings (SSSR count). The standard InChI is InChI=1S/C17H17NO3S/c1-11(18-21-17(19)16-4-3-9-22-16)14-10-15(14)12-5-7-13(20-2)8-6-12/h3-9,14-15H,10H2,1-2H3/t14-,15+/m0/s1. The van der Waals surface area contributed by atoms with Crippen LogP contribution < -0.4 is 4.74 Å². The summed E-state index contributed by atoms with van der Waals surface area (Å²) < 4.78 is 5.16. The molecule has 0 radical (unpaired) electrons. The van der Waals surface area contributed by atoms with Crippen molar-refractivity contribution < 1.29 is 14.4 Å². The number of oxime groups is 1. The number of hydrogen-bond acceptors (Lipinski definition) is 5. The van der Waals surface area contributed by atoms with Gasteiger partial charge >= 0.3 is 5.97 Å². The van der Waals surface area contributed by atoms with Crippen LogP contribution in [-0.2, 0) is 4.84 Å². The molecule has 4 nitrogen and oxygen atoms in total. The smallest absolute Gasteiger partial charge is 0.375 e. The molecule has 0 aliphatic heterocycles. The number of benzene rings is 1. The first kappa shape index (κ1) is 14.8. The highest BCUT2D eigenvalue weighted by molar-refractivity contribution is 7.11. The van der Waals surface area contributed by atoms with Crippen molar-refractivity contribution in [2.45, 2.75) is 19.3 Å². The highest BCUT2D eigenvalue weighted by Gasteiger charge is 2.40. The lowest BCUT2D eigenvalue weighted by Crippen LogP contribution is -2.03. The second-order valence-corrected chi connectivity index (χ2v) is 6.26. The Bertz CT molecular complexity index is 676. The van der Waals surface area contributed by atoms with E-state index in [9.17, 15) is 4.79 Å². The molecular formula is C17H17NO3S. The van der Waals surface area contributed by atoms with Gasteiger partial charge in [-0.3, -0.25) is 0 Å². The maximum Gasteiger partial charge on any atom is 0.375 e. The number of hydrogen-bond donors (Lipinski definition) is 0.